The summed E-state index contributed by atoms with van der Waals surface area (Å²) in [5, 5.41) is 3.31. The average molecular weight is 260 g/mol. The molecule has 2 unspecified atom stereocenters. The highest BCUT2D eigenvalue weighted by atomic mass is 19.4. The summed E-state index contributed by atoms with van der Waals surface area (Å²) in [7, 11) is 0. The number of aromatic nitrogens is 1. The molecule has 102 valence electrons. The highest BCUT2D eigenvalue weighted by Gasteiger charge is 2.31. The van der Waals surface area contributed by atoms with E-state index in [1.807, 2.05) is 20.8 Å². The monoisotopic (exact) mass is 260 g/mol. The van der Waals surface area contributed by atoms with E-state index >= 15 is 0 Å². The van der Waals surface area contributed by atoms with Crippen molar-refractivity contribution in [2.75, 3.05) is 6.54 Å². The van der Waals surface area contributed by atoms with Gasteiger partial charge in [-0.1, -0.05) is 20.8 Å². The smallest absolute Gasteiger partial charge is 0.314 e. The van der Waals surface area contributed by atoms with Crippen LogP contribution in [0, 0.1) is 0 Å². The Morgan fingerprint density at radius 2 is 1.94 bits per heavy atom. The summed E-state index contributed by atoms with van der Waals surface area (Å²) in [4.78, 5) is 3.94. The maximum Gasteiger partial charge on any atom is 0.417 e. The second kappa shape index (κ2) is 6.18. The van der Waals surface area contributed by atoms with E-state index in [-0.39, 0.29) is 12.0 Å². The lowest BCUT2D eigenvalue weighted by Crippen LogP contribution is -2.33. The van der Waals surface area contributed by atoms with Crippen LogP contribution in [0.3, 0.4) is 0 Å². The van der Waals surface area contributed by atoms with Gasteiger partial charge < -0.3 is 5.32 Å². The highest BCUT2D eigenvalue weighted by Crippen LogP contribution is 2.29. The van der Waals surface area contributed by atoms with Crippen molar-refractivity contribution < 1.29 is 13.2 Å². The molecule has 0 aliphatic carbocycles. The molecule has 0 saturated carbocycles. The third-order valence-corrected chi connectivity index (χ3v) is 3.09. The summed E-state index contributed by atoms with van der Waals surface area (Å²) in [6.07, 6.45) is -2.50. The molecule has 1 aromatic heterocycles. The van der Waals surface area contributed by atoms with Crippen LogP contribution in [0.25, 0.3) is 0 Å². The summed E-state index contributed by atoms with van der Waals surface area (Å²) in [5.41, 5.74) is -0.00857. The van der Waals surface area contributed by atoms with Gasteiger partial charge in [0.15, 0.2) is 0 Å². The van der Waals surface area contributed by atoms with Crippen LogP contribution >= 0.6 is 0 Å². The topological polar surface area (TPSA) is 24.9 Å². The summed E-state index contributed by atoms with van der Waals surface area (Å²) in [6.45, 7) is 6.87. The SMILES string of the molecule is CCNC(CC)C(C)c1ccc(C(F)(F)F)cn1. The Labute approximate surface area is 106 Å². The predicted octanol–water partition coefficient (Wildman–Crippen LogP) is 3.59. The largest absolute Gasteiger partial charge is 0.417 e. The second-order valence-electron chi connectivity index (χ2n) is 4.33. The van der Waals surface area contributed by atoms with Gasteiger partial charge in [0.25, 0.3) is 0 Å². The van der Waals surface area contributed by atoms with Crippen molar-refractivity contribution >= 4 is 0 Å². The van der Waals surface area contributed by atoms with Crippen molar-refractivity contribution in [1.82, 2.24) is 10.3 Å². The molecule has 1 aromatic rings. The van der Waals surface area contributed by atoms with Gasteiger partial charge >= 0.3 is 6.18 Å². The lowest BCUT2D eigenvalue weighted by Gasteiger charge is -2.23. The minimum Gasteiger partial charge on any atom is -0.314 e. The summed E-state index contributed by atoms with van der Waals surface area (Å²) in [5.74, 6) is 0.0947. The standard InChI is InChI=1S/C13H19F3N2/c1-4-11(17-5-2)9(3)12-7-6-10(8-18-12)13(14,15)16/h6-9,11,17H,4-5H2,1-3H3. The van der Waals surface area contributed by atoms with Crippen LogP contribution in [0.1, 0.15) is 44.4 Å². The van der Waals surface area contributed by atoms with Crippen molar-refractivity contribution in [2.45, 2.75) is 45.3 Å². The predicted molar refractivity (Wildman–Crippen MR) is 65.4 cm³/mol. The fraction of sp³-hybridized carbons (Fsp3) is 0.615. The van der Waals surface area contributed by atoms with Gasteiger partial charge in [0.1, 0.15) is 0 Å². The maximum atomic E-state index is 12.4. The summed E-state index contributed by atoms with van der Waals surface area (Å²) >= 11 is 0. The molecule has 0 radical (unpaired) electrons. The second-order valence-corrected chi connectivity index (χ2v) is 4.33. The Morgan fingerprint density at radius 3 is 2.33 bits per heavy atom. The molecule has 0 saturated heterocycles. The lowest BCUT2D eigenvalue weighted by atomic mass is 9.95. The molecule has 2 nitrogen and oxygen atoms in total. The number of nitrogens with one attached hydrogen (secondary N) is 1. The molecule has 0 spiro atoms. The van der Waals surface area contributed by atoms with E-state index in [0.717, 1.165) is 25.2 Å². The van der Waals surface area contributed by atoms with Gasteiger partial charge in [-0.15, -0.1) is 0 Å². The number of halogens is 3. The van der Waals surface area contributed by atoms with E-state index in [1.54, 1.807) is 0 Å². The van der Waals surface area contributed by atoms with Crippen LogP contribution in [0.5, 0.6) is 0 Å². The quantitative estimate of drug-likeness (QED) is 0.875. The third-order valence-electron chi connectivity index (χ3n) is 3.09. The Kier molecular flexibility index (Phi) is 5.14. The first kappa shape index (κ1) is 15.0. The van der Waals surface area contributed by atoms with Crippen molar-refractivity contribution in [2.24, 2.45) is 0 Å². The van der Waals surface area contributed by atoms with Crippen molar-refractivity contribution in [3.8, 4) is 0 Å². The zero-order valence-electron chi connectivity index (χ0n) is 10.9. The number of nitrogens with zero attached hydrogens (tertiary/aromatic N) is 1. The van der Waals surface area contributed by atoms with Crippen LogP contribution in [0.4, 0.5) is 13.2 Å². The number of likely N-dealkylation sites (N-methyl/N-ethyl adjacent to an activating group) is 1. The maximum absolute atomic E-state index is 12.4. The first-order valence-corrected chi connectivity index (χ1v) is 6.16. The molecule has 18 heavy (non-hydrogen) atoms. The minimum absolute atomic E-state index is 0.0947. The molecule has 1 N–H and O–H groups in total. The zero-order valence-corrected chi connectivity index (χ0v) is 10.9. The number of pyridine rings is 1. The van der Waals surface area contributed by atoms with Crippen LogP contribution in [-0.2, 0) is 6.18 Å². The Bertz CT molecular complexity index is 359. The Morgan fingerprint density at radius 1 is 1.28 bits per heavy atom. The minimum atomic E-state index is -4.32. The fourth-order valence-electron chi connectivity index (χ4n) is 1.99. The number of hydrogen-bond donors (Lipinski definition) is 1. The van der Waals surface area contributed by atoms with Gasteiger partial charge in [-0.2, -0.15) is 13.2 Å². The average Bonchev–Trinajstić information content (AvgIpc) is 2.34. The van der Waals surface area contributed by atoms with Crippen LogP contribution in [-0.4, -0.2) is 17.6 Å². The molecule has 2 atom stereocenters. The Hall–Kier alpha value is -1.10. The molecule has 0 aromatic carbocycles. The molecule has 1 heterocycles. The highest BCUT2D eigenvalue weighted by molar-refractivity contribution is 5.19. The molecule has 1 rings (SSSR count). The van der Waals surface area contributed by atoms with Gasteiger partial charge in [0.05, 0.1) is 5.56 Å². The van der Waals surface area contributed by atoms with E-state index < -0.39 is 11.7 Å². The van der Waals surface area contributed by atoms with Gasteiger partial charge in [0, 0.05) is 23.9 Å². The lowest BCUT2D eigenvalue weighted by molar-refractivity contribution is -0.137. The summed E-state index contributed by atoms with van der Waals surface area (Å²) < 4.78 is 37.2. The Balaban J connectivity index is 2.84. The van der Waals surface area contributed by atoms with Crippen LogP contribution in [0.2, 0.25) is 0 Å². The van der Waals surface area contributed by atoms with Gasteiger partial charge in [-0.05, 0) is 25.1 Å². The normalized spacial score (nSPS) is 15.4. The van der Waals surface area contributed by atoms with E-state index in [9.17, 15) is 13.2 Å². The van der Waals surface area contributed by atoms with Crippen molar-refractivity contribution in [1.29, 1.82) is 0 Å². The van der Waals surface area contributed by atoms with Gasteiger partial charge in [0.2, 0.25) is 0 Å². The number of hydrogen-bond acceptors (Lipinski definition) is 2. The van der Waals surface area contributed by atoms with Crippen LogP contribution < -0.4 is 5.32 Å². The third kappa shape index (κ3) is 3.70. The molecule has 5 heteroatoms. The van der Waals surface area contributed by atoms with Crippen LogP contribution in [0.15, 0.2) is 18.3 Å². The van der Waals surface area contributed by atoms with E-state index in [0.29, 0.717) is 5.69 Å². The van der Waals surface area contributed by atoms with Crippen molar-refractivity contribution in [3.05, 3.63) is 29.6 Å². The first-order valence-electron chi connectivity index (χ1n) is 6.16. The molecular weight excluding hydrogens is 241 g/mol. The van der Waals surface area contributed by atoms with E-state index in [1.165, 1.54) is 6.07 Å². The van der Waals surface area contributed by atoms with Gasteiger partial charge in [-0.25, -0.2) is 0 Å². The molecule has 0 fully saturated rings. The zero-order chi connectivity index (χ0) is 13.8. The summed E-state index contributed by atoms with van der Waals surface area (Å²) in [6, 6.07) is 2.80. The first-order chi connectivity index (χ1) is 8.40. The molecule has 0 bridgehead atoms. The molecular formula is C13H19F3N2. The van der Waals surface area contributed by atoms with E-state index in [2.05, 4.69) is 10.3 Å². The fourth-order valence-corrected chi connectivity index (χ4v) is 1.99. The number of alkyl halides is 3. The molecule has 0 aliphatic heterocycles. The molecule has 0 amide bonds. The van der Waals surface area contributed by atoms with E-state index in [4.69, 9.17) is 0 Å². The number of rotatable bonds is 5. The molecule has 0 aliphatic rings. The van der Waals surface area contributed by atoms with Crippen molar-refractivity contribution in [3.63, 3.8) is 0 Å². The van der Waals surface area contributed by atoms with Gasteiger partial charge in [-0.3, -0.25) is 4.98 Å².